The molecule has 1 heterocycles. The number of hydrogen-bond donors (Lipinski definition) is 3. The van der Waals surface area contributed by atoms with E-state index in [2.05, 4.69) is 4.98 Å². The first-order chi connectivity index (χ1) is 8.95. The summed E-state index contributed by atoms with van der Waals surface area (Å²) in [7, 11) is 0. The first kappa shape index (κ1) is 12.7. The van der Waals surface area contributed by atoms with E-state index in [4.69, 9.17) is 11.6 Å². The van der Waals surface area contributed by atoms with E-state index < -0.39 is 10.8 Å². The van der Waals surface area contributed by atoms with E-state index in [0.717, 1.165) is 0 Å². The van der Waals surface area contributed by atoms with Crippen molar-refractivity contribution in [2.24, 2.45) is 5.84 Å². The number of amides is 1. The maximum Gasteiger partial charge on any atom is 0.270 e. The van der Waals surface area contributed by atoms with Gasteiger partial charge >= 0.3 is 0 Å². The van der Waals surface area contributed by atoms with E-state index in [0.29, 0.717) is 16.5 Å². The third-order valence-corrected chi connectivity index (χ3v) is 2.77. The van der Waals surface area contributed by atoms with E-state index in [1.54, 1.807) is 6.92 Å². The highest BCUT2D eigenvalue weighted by Crippen LogP contribution is 2.29. The lowest BCUT2D eigenvalue weighted by atomic mass is 10.1. The van der Waals surface area contributed by atoms with E-state index in [1.165, 1.54) is 18.3 Å². The molecule has 0 radical (unpaired) electrons. The van der Waals surface area contributed by atoms with Crippen molar-refractivity contribution < 1.29 is 9.72 Å². The van der Waals surface area contributed by atoms with Crippen LogP contribution in [-0.2, 0) is 0 Å². The van der Waals surface area contributed by atoms with Crippen LogP contribution in [0, 0.1) is 17.0 Å². The van der Waals surface area contributed by atoms with Crippen LogP contribution >= 0.6 is 0 Å². The van der Waals surface area contributed by atoms with Gasteiger partial charge in [0, 0.05) is 23.7 Å². The highest BCUT2D eigenvalue weighted by molar-refractivity contribution is 6.07. The van der Waals surface area contributed by atoms with Gasteiger partial charge in [0.1, 0.15) is 0 Å². The third kappa shape index (κ3) is 2.04. The number of nitrogens with two attached hydrogens (primary N) is 2. The molecule has 0 atom stereocenters. The Bertz CT molecular complexity index is 698. The van der Waals surface area contributed by atoms with Gasteiger partial charge < -0.3 is 5.73 Å². The molecule has 0 saturated carbocycles. The highest BCUT2D eigenvalue weighted by atomic mass is 16.6. The van der Waals surface area contributed by atoms with E-state index in [1.807, 2.05) is 5.43 Å². The molecule has 0 bridgehead atoms. The van der Waals surface area contributed by atoms with Crippen LogP contribution in [0.1, 0.15) is 15.9 Å². The number of nitro benzene ring substituents is 1. The Morgan fingerprint density at radius 3 is 2.74 bits per heavy atom. The van der Waals surface area contributed by atoms with Crippen LogP contribution in [0.5, 0.6) is 0 Å². The molecule has 0 unspecified atom stereocenters. The number of nitrogen functional groups attached to an aromatic ring is 2. The van der Waals surface area contributed by atoms with Gasteiger partial charge in [0.05, 0.1) is 21.7 Å². The van der Waals surface area contributed by atoms with Gasteiger partial charge in [-0.15, -0.1) is 0 Å². The van der Waals surface area contributed by atoms with Crippen molar-refractivity contribution in [3.63, 3.8) is 0 Å². The van der Waals surface area contributed by atoms with Gasteiger partial charge in [0.25, 0.3) is 11.6 Å². The van der Waals surface area contributed by atoms with Crippen LogP contribution in [0.25, 0.3) is 10.9 Å². The molecule has 0 aliphatic heterocycles. The van der Waals surface area contributed by atoms with Gasteiger partial charge in [-0.25, -0.2) is 5.84 Å². The van der Waals surface area contributed by atoms with Crippen molar-refractivity contribution >= 4 is 28.2 Å². The number of nitrogens with zero attached hydrogens (tertiary/aromatic N) is 2. The Balaban J connectivity index is 2.80. The zero-order valence-corrected chi connectivity index (χ0v) is 10.0. The fraction of sp³-hybridized carbons (Fsp3) is 0.0909. The number of carbonyl (C=O) groups excluding carboxylic acids is 1. The molecule has 8 nitrogen and oxygen atoms in total. The summed E-state index contributed by atoms with van der Waals surface area (Å²) in [5, 5.41) is 11.2. The smallest absolute Gasteiger partial charge is 0.270 e. The molecule has 0 fully saturated rings. The van der Waals surface area contributed by atoms with Crippen molar-refractivity contribution in [3.8, 4) is 0 Å². The van der Waals surface area contributed by atoms with E-state index >= 15 is 0 Å². The number of aryl methyl sites for hydroxylation is 1. The second-order valence-corrected chi connectivity index (χ2v) is 3.97. The molecular weight excluding hydrogens is 250 g/mol. The molecule has 98 valence electrons. The highest BCUT2D eigenvalue weighted by Gasteiger charge is 2.17. The number of rotatable bonds is 2. The van der Waals surface area contributed by atoms with Gasteiger partial charge in [-0.2, -0.15) is 0 Å². The molecule has 5 N–H and O–H groups in total. The van der Waals surface area contributed by atoms with E-state index in [-0.39, 0.29) is 16.9 Å². The minimum atomic E-state index is -0.601. The van der Waals surface area contributed by atoms with Gasteiger partial charge in [-0.1, -0.05) is 0 Å². The van der Waals surface area contributed by atoms with Gasteiger partial charge in [-0.05, 0) is 12.5 Å². The maximum absolute atomic E-state index is 11.5. The van der Waals surface area contributed by atoms with Crippen LogP contribution in [0.2, 0.25) is 0 Å². The molecule has 2 rings (SSSR count). The number of nitro groups is 1. The fourth-order valence-electron chi connectivity index (χ4n) is 1.85. The zero-order chi connectivity index (χ0) is 14.2. The first-order valence-electron chi connectivity index (χ1n) is 5.30. The normalized spacial score (nSPS) is 10.4. The second kappa shape index (κ2) is 4.50. The fourth-order valence-corrected chi connectivity index (χ4v) is 1.85. The molecule has 8 heteroatoms. The standard InChI is InChI=1S/C11H11N5O3/c1-5-2-6(16(18)19)3-7-9(12)8(11(17)15-13)4-14-10(5)7/h2-4H,13H2,1H3,(H2,12,14)(H,15,17). The lowest BCUT2D eigenvalue weighted by molar-refractivity contribution is -0.384. The minimum absolute atomic E-state index is 0.0786. The first-order valence-corrected chi connectivity index (χ1v) is 5.30. The lowest BCUT2D eigenvalue weighted by Gasteiger charge is -2.08. The summed E-state index contributed by atoms with van der Waals surface area (Å²) >= 11 is 0. The van der Waals surface area contributed by atoms with Crippen LogP contribution in [-0.4, -0.2) is 15.8 Å². The summed E-state index contributed by atoms with van der Waals surface area (Å²) in [6.07, 6.45) is 1.29. The number of carbonyl (C=O) groups is 1. The molecule has 0 aliphatic carbocycles. The van der Waals surface area contributed by atoms with Crippen molar-refractivity contribution in [2.75, 3.05) is 5.73 Å². The predicted molar refractivity (Wildman–Crippen MR) is 69.2 cm³/mol. The molecule has 0 spiro atoms. The molecule has 0 saturated heterocycles. The van der Waals surface area contributed by atoms with Crippen LogP contribution in [0.3, 0.4) is 0 Å². The van der Waals surface area contributed by atoms with Crippen molar-refractivity contribution in [3.05, 3.63) is 39.6 Å². The number of pyridine rings is 1. The SMILES string of the molecule is Cc1cc([N+](=O)[O-])cc2c(N)c(C(=O)NN)cnc12. The number of fused-ring (bicyclic) bond motifs is 1. The van der Waals surface area contributed by atoms with Gasteiger partial charge in [-0.3, -0.25) is 25.3 Å². The number of benzene rings is 1. The average molecular weight is 261 g/mol. The molecule has 1 aromatic carbocycles. The van der Waals surface area contributed by atoms with Gasteiger partial charge in [0.2, 0.25) is 0 Å². The van der Waals surface area contributed by atoms with Crippen molar-refractivity contribution in [1.29, 1.82) is 0 Å². The molecular formula is C11H11N5O3. The average Bonchev–Trinajstić information content (AvgIpc) is 2.38. The number of aromatic nitrogens is 1. The van der Waals surface area contributed by atoms with Gasteiger partial charge in [0.15, 0.2) is 0 Å². The maximum atomic E-state index is 11.5. The number of nitrogens with one attached hydrogen (secondary N) is 1. The van der Waals surface area contributed by atoms with E-state index in [9.17, 15) is 14.9 Å². The largest absolute Gasteiger partial charge is 0.397 e. The number of hydrazine groups is 1. The Morgan fingerprint density at radius 2 is 2.16 bits per heavy atom. The van der Waals surface area contributed by atoms with Crippen molar-refractivity contribution in [1.82, 2.24) is 10.4 Å². The Hall–Kier alpha value is -2.74. The monoisotopic (exact) mass is 261 g/mol. The third-order valence-electron chi connectivity index (χ3n) is 2.77. The second-order valence-electron chi connectivity index (χ2n) is 3.97. The van der Waals surface area contributed by atoms with Crippen molar-refractivity contribution in [2.45, 2.75) is 6.92 Å². The molecule has 2 aromatic rings. The summed E-state index contributed by atoms with van der Waals surface area (Å²) in [4.78, 5) is 25.9. The van der Waals surface area contributed by atoms with Crippen LogP contribution in [0.15, 0.2) is 18.3 Å². The summed E-state index contributed by atoms with van der Waals surface area (Å²) in [6.45, 7) is 1.68. The number of anilines is 1. The summed E-state index contributed by atoms with van der Waals surface area (Å²) in [6, 6.07) is 2.69. The number of hydrogen-bond acceptors (Lipinski definition) is 6. The molecule has 0 aliphatic rings. The predicted octanol–water partition coefficient (Wildman–Crippen LogP) is 0.637. The van der Waals surface area contributed by atoms with Crippen LogP contribution < -0.4 is 17.0 Å². The molecule has 19 heavy (non-hydrogen) atoms. The minimum Gasteiger partial charge on any atom is -0.397 e. The Labute approximate surface area is 107 Å². The topological polar surface area (TPSA) is 137 Å². The summed E-state index contributed by atoms with van der Waals surface area (Å²) in [5.74, 6) is 4.43. The quantitative estimate of drug-likeness (QED) is 0.314. The number of non-ortho nitro benzene ring substituents is 1. The Morgan fingerprint density at radius 1 is 1.47 bits per heavy atom. The summed E-state index contributed by atoms with van der Waals surface area (Å²) in [5.41, 5.74) is 9.00. The molecule has 1 aromatic heterocycles. The Kier molecular flexibility index (Phi) is 3.01. The lowest BCUT2D eigenvalue weighted by Crippen LogP contribution is -2.30. The molecule has 1 amide bonds. The van der Waals surface area contributed by atoms with Crippen LogP contribution in [0.4, 0.5) is 11.4 Å². The summed E-state index contributed by atoms with van der Waals surface area (Å²) < 4.78 is 0. The zero-order valence-electron chi connectivity index (χ0n) is 10.0.